The van der Waals surface area contributed by atoms with Crippen molar-refractivity contribution in [1.29, 1.82) is 0 Å². The van der Waals surface area contributed by atoms with Crippen molar-refractivity contribution < 1.29 is 18.3 Å². The van der Waals surface area contributed by atoms with E-state index in [9.17, 15) is 13.6 Å². The Morgan fingerprint density at radius 3 is 2.75 bits per heavy atom. The third-order valence-electron chi connectivity index (χ3n) is 3.66. The quantitative estimate of drug-likeness (QED) is 0.841. The van der Waals surface area contributed by atoms with E-state index >= 15 is 0 Å². The number of halogens is 2. The second-order valence-corrected chi connectivity index (χ2v) is 5.13. The van der Waals surface area contributed by atoms with E-state index in [-0.39, 0.29) is 17.7 Å². The summed E-state index contributed by atoms with van der Waals surface area (Å²) in [4.78, 5) is 12.1. The van der Waals surface area contributed by atoms with Crippen LogP contribution in [0.4, 0.5) is 8.78 Å². The summed E-state index contributed by atoms with van der Waals surface area (Å²) >= 11 is 0. The summed E-state index contributed by atoms with van der Waals surface area (Å²) < 4.78 is 28.7. The van der Waals surface area contributed by atoms with Gasteiger partial charge in [-0.2, -0.15) is 8.78 Å². The largest absolute Gasteiger partial charge is 0.435 e. The summed E-state index contributed by atoms with van der Waals surface area (Å²) in [6, 6.07) is 6.04. The number of rotatable bonds is 6. The molecule has 0 aliphatic heterocycles. The molecule has 110 valence electrons. The van der Waals surface area contributed by atoms with Crippen LogP contribution < -0.4 is 15.8 Å². The van der Waals surface area contributed by atoms with Crippen molar-refractivity contribution in [3.8, 4) is 5.75 Å². The van der Waals surface area contributed by atoms with E-state index in [0.717, 1.165) is 12.8 Å². The number of amides is 1. The smallest absolute Gasteiger partial charge is 0.387 e. The fourth-order valence-corrected chi connectivity index (χ4v) is 2.07. The standard InChI is InChI=1S/C14H18F2N2O2/c1-9(18-12(19)14(8-17)5-6-14)10-3-2-4-11(7-10)20-13(15)16/h2-4,7,9,13H,5-6,8,17H2,1H3,(H,18,19). The van der Waals surface area contributed by atoms with Crippen LogP contribution in [0.15, 0.2) is 24.3 Å². The van der Waals surface area contributed by atoms with Crippen LogP contribution in [-0.4, -0.2) is 19.1 Å². The second kappa shape index (κ2) is 5.75. The molecule has 1 atom stereocenters. The molecule has 0 heterocycles. The zero-order valence-electron chi connectivity index (χ0n) is 11.2. The first-order chi connectivity index (χ1) is 9.47. The SMILES string of the molecule is CC(NC(=O)C1(CN)CC1)c1cccc(OC(F)F)c1. The Hall–Kier alpha value is -1.69. The molecule has 1 unspecified atom stereocenters. The van der Waals surface area contributed by atoms with Gasteiger partial charge in [0.05, 0.1) is 11.5 Å². The lowest BCUT2D eigenvalue weighted by atomic mass is 10.0. The van der Waals surface area contributed by atoms with Crippen LogP contribution in [-0.2, 0) is 4.79 Å². The lowest BCUT2D eigenvalue weighted by Crippen LogP contribution is -2.37. The van der Waals surface area contributed by atoms with Gasteiger partial charge in [0.15, 0.2) is 0 Å². The molecular weight excluding hydrogens is 266 g/mol. The molecule has 1 amide bonds. The van der Waals surface area contributed by atoms with Crippen LogP contribution >= 0.6 is 0 Å². The third-order valence-corrected chi connectivity index (χ3v) is 3.66. The molecule has 1 aromatic carbocycles. The summed E-state index contributed by atoms with van der Waals surface area (Å²) in [5.74, 6) is 0.00578. The number of alkyl halides is 2. The monoisotopic (exact) mass is 284 g/mol. The number of nitrogens with one attached hydrogen (secondary N) is 1. The van der Waals surface area contributed by atoms with Crippen molar-refractivity contribution in [3.63, 3.8) is 0 Å². The Balaban J connectivity index is 2.02. The molecule has 2 rings (SSSR count). The summed E-state index contributed by atoms with van der Waals surface area (Å²) in [6.07, 6.45) is 1.60. The van der Waals surface area contributed by atoms with E-state index in [1.807, 2.05) is 0 Å². The summed E-state index contributed by atoms with van der Waals surface area (Å²) in [7, 11) is 0. The first kappa shape index (κ1) is 14.7. The van der Waals surface area contributed by atoms with Gasteiger partial charge >= 0.3 is 6.61 Å². The number of carbonyl (C=O) groups excluding carboxylic acids is 1. The van der Waals surface area contributed by atoms with Crippen LogP contribution in [0, 0.1) is 5.41 Å². The van der Waals surface area contributed by atoms with Gasteiger partial charge in [-0.25, -0.2) is 0 Å². The fourth-order valence-electron chi connectivity index (χ4n) is 2.07. The summed E-state index contributed by atoms with van der Waals surface area (Å²) in [5, 5.41) is 2.87. The molecule has 4 nitrogen and oxygen atoms in total. The van der Waals surface area contributed by atoms with Crippen LogP contribution in [0.25, 0.3) is 0 Å². The van der Waals surface area contributed by atoms with Crippen LogP contribution in [0.1, 0.15) is 31.4 Å². The zero-order chi connectivity index (χ0) is 14.8. The molecule has 0 aromatic heterocycles. The topological polar surface area (TPSA) is 64.4 Å². The van der Waals surface area contributed by atoms with Crippen molar-refractivity contribution in [2.45, 2.75) is 32.4 Å². The Morgan fingerprint density at radius 1 is 1.50 bits per heavy atom. The minimum Gasteiger partial charge on any atom is -0.435 e. The first-order valence-electron chi connectivity index (χ1n) is 6.53. The van der Waals surface area contributed by atoms with E-state index in [4.69, 9.17) is 5.73 Å². The van der Waals surface area contributed by atoms with Crippen LogP contribution in [0.3, 0.4) is 0 Å². The zero-order valence-corrected chi connectivity index (χ0v) is 11.2. The van der Waals surface area contributed by atoms with Gasteiger partial charge in [0.25, 0.3) is 0 Å². The average Bonchev–Trinajstić information content (AvgIpc) is 3.19. The molecule has 0 spiro atoms. The van der Waals surface area contributed by atoms with Gasteiger partial charge in [0.1, 0.15) is 5.75 Å². The number of hydrogen-bond acceptors (Lipinski definition) is 3. The first-order valence-corrected chi connectivity index (χ1v) is 6.53. The highest BCUT2D eigenvalue weighted by Gasteiger charge is 2.48. The number of ether oxygens (including phenoxy) is 1. The van der Waals surface area contributed by atoms with Crippen molar-refractivity contribution in [3.05, 3.63) is 29.8 Å². The van der Waals surface area contributed by atoms with Gasteiger partial charge in [0.2, 0.25) is 5.91 Å². The Bertz CT molecular complexity index is 490. The highest BCUT2D eigenvalue weighted by molar-refractivity contribution is 5.85. The fraction of sp³-hybridized carbons (Fsp3) is 0.500. The number of carbonyl (C=O) groups is 1. The minimum absolute atomic E-state index is 0.0762. The molecule has 1 aromatic rings. The highest BCUT2D eigenvalue weighted by Crippen LogP contribution is 2.45. The number of benzene rings is 1. The molecule has 1 fully saturated rings. The molecule has 3 N–H and O–H groups in total. The van der Waals surface area contributed by atoms with E-state index in [1.165, 1.54) is 12.1 Å². The lowest BCUT2D eigenvalue weighted by molar-refractivity contribution is -0.126. The maximum absolute atomic E-state index is 12.2. The van der Waals surface area contributed by atoms with Crippen molar-refractivity contribution in [2.75, 3.05) is 6.54 Å². The highest BCUT2D eigenvalue weighted by atomic mass is 19.3. The van der Waals surface area contributed by atoms with E-state index in [2.05, 4.69) is 10.1 Å². The number of nitrogens with two attached hydrogens (primary N) is 1. The van der Waals surface area contributed by atoms with Gasteiger partial charge in [-0.3, -0.25) is 4.79 Å². The predicted octanol–water partition coefficient (Wildman–Crippen LogP) is 2.20. The molecule has 0 bridgehead atoms. The van der Waals surface area contributed by atoms with Crippen LogP contribution in [0.2, 0.25) is 0 Å². The van der Waals surface area contributed by atoms with Crippen molar-refractivity contribution in [1.82, 2.24) is 5.32 Å². The van der Waals surface area contributed by atoms with Gasteiger partial charge in [-0.1, -0.05) is 12.1 Å². The van der Waals surface area contributed by atoms with Gasteiger partial charge in [-0.15, -0.1) is 0 Å². The minimum atomic E-state index is -2.86. The average molecular weight is 284 g/mol. The lowest BCUT2D eigenvalue weighted by Gasteiger charge is -2.19. The molecule has 20 heavy (non-hydrogen) atoms. The molecule has 1 aliphatic carbocycles. The van der Waals surface area contributed by atoms with Crippen molar-refractivity contribution in [2.24, 2.45) is 11.1 Å². The Kier molecular flexibility index (Phi) is 4.23. The van der Waals surface area contributed by atoms with E-state index in [0.29, 0.717) is 12.1 Å². The Morgan fingerprint density at radius 2 is 2.20 bits per heavy atom. The molecular formula is C14H18F2N2O2. The molecule has 0 radical (unpaired) electrons. The van der Waals surface area contributed by atoms with Gasteiger partial charge < -0.3 is 15.8 Å². The van der Waals surface area contributed by atoms with Gasteiger partial charge in [-0.05, 0) is 37.5 Å². The second-order valence-electron chi connectivity index (χ2n) is 5.13. The van der Waals surface area contributed by atoms with Crippen molar-refractivity contribution >= 4 is 5.91 Å². The predicted molar refractivity (Wildman–Crippen MR) is 70.4 cm³/mol. The number of hydrogen-bond donors (Lipinski definition) is 2. The van der Waals surface area contributed by atoms with Gasteiger partial charge in [0, 0.05) is 6.54 Å². The molecule has 1 saturated carbocycles. The maximum Gasteiger partial charge on any atom is 0.387 e. The molecule has 0 saturated heterocycles. The Labute approximate surface area is 116 Å². The van der Waals surface area contributed by atoms with E-state index < -0.39 is 12.0 Å². The van der Waals surface area contributed by atoms with Crippen LogP contribution in [0.5, 0.6) is 5.75 Å². The van der Waals surface area contributed by atoms with E-state index in [1.54, 1.807) is 19.1 Å². The third kappa shape index (κ3) is 3.25. The summed E-state index contributed by atoms with van der Waals surface area (Å²) in [6.45, 7) is -0.728. The molecule has 1 aliphatic rings. The normalized spacial score (nSPS) is 17.6. The summed E-state index contributed by atoms with van der Waals surface area (Å²) in [5.41, 5.74) is 5.89. The molecule has 6 heteroatoms. The maximum atomic E-state index is 12.2.